The first-order valence-corrected chi connectivity index (χ1v) is 7.05. The molecule has 1 amide bonds. The summed E-state index contributed by atoms with van der Waals surface area (Å²) >= 11 is 0. The van der Waals surface area contributed by atoms with Crippen molar-refractivity contribution in [3.05, 3.63) is 59.4 Å². The molecule has 2 aromatic rings. The highest BCUT2D eigenvalue weighted by molar-refractivity contribution is 5.81. The van der Waals surface area contributed by atoms with Crippen molar-refractivity contribution in [3.63, 3.8) is 0 Å². The van der Waals surface area contributed by atoms with Crippen LogP contribution in [0.5, 0.6) is 11.5 Å². The summed E-state index contributed by atoms with van der Waals surface area (Å²) in [6.45, 7) is 2.28. The Kier molecular flexibility index (Phi) is 3.96. The van der Waals surface area contributed by atoms with Gasteiger partial charge in [-0.3, -0.25) is 4.79 Å². The van der Waals surface area contributed by atoms with Crippen molar-refractivity contribution in [2.24, 2.45) is 0 Å². The Bertz CT molecular complexity index is 702. The van der Waals surface area contributed by atoms with E-state index in [2.05, 4.69) is 5.32 Å². The van der Waals surface area contributed by atoms with Gasteiger partial charge in [0.2, 0.25) is 6.10 Å². The lowest BCUT2D eigenvalue weighted by atomic mass is 10.1. The molecule has 0 spiro atoms. The van der Waals surface area contributed by atoms with Gasteiger partial charge in [0, 0.05) is 6.54 Å². The summed E-state index contributed by atoms with van der Waals surface area (Å²) in [5.74, 6) is 0.586. The van der Waals surface area contributed by atoms with Crippen molar-refractivity contribution in [2.75, 3.05) is 6.61 Å². The largest absolute Gasteiger partial charge is 0.485 e. The summed E-state index contributed by atoms with van der Waals surface area (Å²) in [4.78, 5) is 12.2. The minimum Gasteiger partial charge on any atom is -0.485 e. The maximum Gasteiger partial charge on any atom is 0.264 e. The van der Waals surface area contributed by atoms with Gasteiger partial charge in [-0.05, 0) is 42.3 Å². The standard InChI is InChI=1S/C17H16FNO3/c1-11-6-7-13(18)8-12(11)9-19-17(20)16-10-21-14-4-2-3-5-15(14)22-16/h2-8,16H,9-10H2,1H3,(H,19,20)/t16-/m0/s1. The quantitative estimate of drug-likeness (QED) is 0.948. The number of amides is 1. The molecule has 0 aliphatic carbocycles. The van der Waals surface area contributed by atoms with E-state index >= 15 is 0 Å². The van der Waals surface area contributed by atoms with Crippen LogP contribution in [0.2, 0.25) is 0 Å². The molecular weight excluding hydrogens is 285 g/mol. The van der Waals surface area contributed by atoms with Crippen LogP contribution in [0, 0.1) is 12.7 Å². The molecule has 1 aliphatic rings. The number of para-hydroxylation sites is 2. The molecule has 114 valence electrons. The third-order valence-electron chi connectivity index (χ3n) is 3.57. The van der Waals surface area contributed by atoms with Crippen LogP contribution in [-0.2, 0) is 11.3 Å². The van der Waals surface area contributed by atoms with Crippen LogP contribution in [-0.4, -0.2) is 18.6 Å². The van der Waals surface area contributed by atoms with Crippen LogP contribution in [0.3, 0.4) is 0 Å². The van der Waals surface area contributed by atoms with E-state index in [4.69, 9.17) is 9.47 Å². The zero-order valence-corrected chi connectivity index (χ0v) is 12.1. The van der Waals surface area contributed by atoms with E-state index in [9.17, 15) is 9.18 Å². The van der Waals surface area contributed by atoms with Crippen LogP contribution < -0.4 is 14.8 Å². The number of carbonyl (C=O) groups is 1. The van der Waals surface area contributed by atoms with E-state index in [0.717, 1.165) is 11.1 Å². The summed E-state index contributed by atoms with van der Waals surface area (Å²) in [5.41, 5.74) is 1.67. The number of benzene rings is 2. The average molecular weight is 301 g/mol. The monoisotopic (exact) mass is 301 g/mol. The third-order valence-corrected chi connectivity index (χ3v) is 3.57. The number of hydrogen-bond acceptors (Lipinski definition) is 3. The lowest BCUT2D eigenvalue weighted by molar-refractivity contribution is -0.130. The maximum atomic E-state index is 13.2. The molecule has 0 saturated carbocycles. The first kappa shape index (κ1) is 14.4. The predicted octanol–water partition coefficient (Wildman–Crippen LogP) is 2.59. The van der Waals surface area contributed by atoms with Crippen molar-refractivity contribution in [1.29, 1.82) is 0 Å². The molecule has 1 heterocycles. The van der Waals surface area contributed by atoms with Gasteiger partial charge in [-0.25, -0.2) is 4.39 Å². The van der Waals surface area contributed by atoms with Gasteiger partial charge in [-0.15, -0.1) is 0 Å². The average Bonchev–Trinajstić information content (AvgIpc) is 2.55. The van der Waals surface area contributed by atoms with E-state index in [1.807, 2.05) is 19.1 Å². The number of rotatable bonds is 3. The number of ether oxygens (including phenoxy) is 2. The third kappa shape index (κ3) is 3.03. The maximum absolute atomic E-state index is 13.2. The summed E-state index contributed by atoms with van der Waals surface area (Å²) in [6, 6.07) is 11.7. The van der Waals surface area contributed by atoms with Crippen LogP contribution >= 0.6 is 0 Å². The molecule has 2 aromatic carbocycles. The predicted molar refractivity (Wildman–Crippen MR) is 79.3 cm³/mol. The van der Waals surface area contributed by atoms with E-state index in [-0.39, 0.29) is 24.9 Å². The number of aryl methyl sites for hydroxylation is 1. The normalized spacial score (nSPS) is 16.2. The second-order valence-corrected chi connectivity index (χ2v) is 5.15. The molecule has 0 aromatic heterocycles. The molecule has 5 heteroatoms. The van der Waals surface area contributed by atoms with Crippen LogP contribution in [0.15, 0.2) is 42.5 Å². The van der Waals surface area contributed by atoms with Crippen molar-refractivity contribution in [3.8, 4) is 11.5 Å². The molecule has 0 bridgehead atoms. The summed E-state index contributed by atoms with van der Waals surface area (Å²) in [7, 11) is 0. The van der Waals surface area contributed by atoms with Crippen molar-refractivity contribution in [2.45, 2.75) is 19.6 Å². The fraction of sp³-hybridized carbons (Fsp3) is 0.235. The zero-order valence-electron chi connectivity index (χ0n) is 12.1. The molecule has 1 N–H and O–H groups in total. The molecule has 0 radical (unpaired) electrons. The lowest BCUT2D eigenvalue weighted by Crippen LogP contribution is -2.43. The number of fused-ring (bicyclic) bond motifs is 1. The Hall–Kier alpha value is -2.56. The second kappa shape index (κ2) is 6.05. The molecule has 1 aliphatic heterocycles. The number of carbonyl (C=O) groups excluding carboxylic acids is 1. The molecular formula is C17H16FNO3. The fourth-order valence-corrected chi connectivity index (χ4v) is 2.28. The number of nitrogens with one attached hydrogen (secondary N) is 1. The van der Waals surface area contributed by atoms with Gasteiger partial charge in [0.25, 0.3) is 5.91 Å². The molecule has 0 saturated heterocycles. The topological polar surface area (TPSA) is 47.6 Å². The Morgan fingerprint density at radius 3 is 2.86 bits per heavy atom. The van der Waals surface area contributed by atoms with Crippen LogP contribution in [0.25, 0.3) is 0 Å². The van der Waals surface area contributed by atoms with Gasteiger partial charge in [0.05, 0.1) is 0 Å². The Morgan fingerprint density at radius 1 is 1.27 bits per heavy atom. The minimum absolute atomic E-state index is 0.158. The minimum atomic E-state index is -0.705. The van der Waals surface area contributed by atoms with Gasteiger partial charge in [-0.2, -0.15) is 0 Å². The van der Waals surface area contributed by atoms with Gasteiger partial charge < -0.3 is 14.8 Å². The summed E-state index contributed by atoms with van der Waals surface area (Å²) in [6.07, 6.45) is -0.705. The van der Waals surface area contributed by atoms with Gasteiger partial charge in [0.1, 0.15) is 12.4 Å². The van der Waals surface area contributed by atoms with Gasteiger partial charge >= 0.3 is 0 Å². The molecule has 0 unspecified atom stereocenters. The SMILES string of the molecule is Cc1ccc(F)cc1CNC(=O)[C@@H]1COc2ccccc2O1. The van der Waals surface area contributed by atoms with Crippen LogP contribution in [0.4, 0.5) is 4.39 Å². The molecule has 1 atom stereocenters. The van der Waals surface area contributed by atoms with E-state index in [1.54, 1.807) is 18.2 Å². The molecule has 4 nitrogen and oxygen atoms in total. The fourth-order valence-electron chi connectivity index (χ4n) is 2.28. The highest BCUT2D eigenvalue weighted by Gasteiger charge is 2.27. The lowest BCUT2D eigenvalue weighted by Gasteiger charge is -2.25. The Labute approximate surface area is 127 Å². The first-order chi connectivity index (χ1) is 10.6. The highest BCUT2D eigenvalue weighted by Crippen LogP contribution is 2.30. The first-order valence-electron chi connectivity index (χ1n) is 7.05. The summed E-state index contributed by atoms with van der Waals surface area (Å²) < 4.78 is 24.4. The van der Waals surface area contributed by atoms with Gasteiger partial charge in [0.15, 0.2) is 11.5 Å². The zero-order chi connectivity index (χ0) is 15.5. The Balaban J connectivity index is 1.62. The van der Waals surface area contributed by atoms with E-state index in [1.165, 1.54) is 12.1 Å². The second-order valence-electron chi connectivity index (χ2n) is 5.15. The molecule has 3 rings (SSSR count). The number of halogens is 1. The van der Waals surface area contributed by atoms with Crippen LogP contribution in [0.1, 0.15) is 11.1 Å². The van der Waals surface area contributed by atoms with Crippen molar-refractivity contribution < 1.29 is 18.7 Å². The van der Waals surface area contributed by atoms with Crippen molar-refractivity contribution in [1.82, 2.24) is 5.32 Å². The van der Waals surface area contributed by atoms with Gasteiger partial charge in [-0.1, -0.05) is 18.2 Å². The van der Waals surface area contributed by atoms with E-state index in [0.29, 0.717) is 11.5 Å². The number of hydrogen-bond donors (Lipinski definition) is 1. The van der Waals surface area contributed by atoms with E-state index < -0.39 is 6.10 Å². The highest BCUT2D eigenvalue weighted by atomic mass is 19.1. The van der Waals surface area contributed by atoms with Crippen molar-refractivity contribution >= 4 is 5.91 Å². The summed E-state index contributed by atoms with van der Waals surface area (Å²) in [5, 5.41) is 2.76. The smallest absolute Gasteiger partial charge is 0.264 e. The molecule has 0 fully saturated rings. The Morgan fingerprint density at radius 2 is 2.05 bits per heavy atom. The molecule has 22 heavy (non-hydrogen) atoms.